The van der Waals surface area contributed by atoms with Gasteiger partial charge in [-0.25, -0.2) is 9.97 Å². The Balaban J connectivity index is 1.25. The van der Waals surface area contributed by atoms with Gasteiger partial charge < -0.3 is 10.0 Å². The van der Waals surface area contributed by atoms with Crippen LogP contribution in [0.2, 0.25) is 0 Å². The predicted octanol–water partition coefficient (Wildman–Crippen LogP) is 2.61. The van der Waals surface area contributed by atoms with E-state index in [2.05, 4.69) is 14.9 Å². The van der Waals surface area contributed by atoms with Gasteiger partial charge in [0.1, 0.15) is 5.82 Å². The molecular weight excluding hydrogens is 290 g/mol. The molecule has 4 rings (SSSR count). The lowest BCUT2D eigenvalue weighted by atomic mass is 9.49. The van der Waals surface area contributed by atoms with E-state index in [4.69, 9.17) is 5.11 Å². The summed E-state index contributed by atoms with van der Waals surface area (Å²) in [6.45, 7) is 4.23. The van der Waals surface area contributed by atoms with E-state index in [1.807, 2.05) is 19.3 Å². The topological polar surface area (TPSA) is 66.3 Å². The van der Waals surface area contributed by atoms with Crippen LogP contribution in [0.5, 0.6) is 0 Å². The van der Waals surface area contributed by atoms with Gasteiger partial charge in [-0.15, -0.1) is 0 Å². The highest BCUT2D eigenvalue weighted by Gasteiger charge is 2.56. The Morgan fingerprint density at radius 1 is 1.17 bits per heavy atom. The minimum atomic E-state index is -0.597. The van der Waals surface area contributed by atoms with E-state index < -0.39 is 5.97 Å². The molecule has 3 aliphatic rings. The van der Waals surface area contributed by atoms with Crippen LogP contribution in [0.3, 0.4) is 0 Å². The molecular formula is C18H25N3O2. The van der Waals surface area contributed by atoms with E-state index >= 15 is 0 Å². The second-order valence-corrected chi connectivity index (χ2v) is 7.88. The first kappa shape index (κ1) is 15.1. The van der Waals surface area contributed by atoms with E-state index in [-0.39, 0.29) is 5.92 Å². The third-order valence-corrected chi connectivity index (χ3v) is 6.36. The molecule has 124 valence electrons. The fourth-order valence-corrected chi connectivity index (χ4v) is 4.90. The Morgan fingerprint density at radius 2 is 1.78 bits per heavy atom. The molecule has 0 bridgehead atoms. The van der Waals surface area contributed by atoms with Crippen molar-refractivity contribution in [1.29, 1.82) is 0 Å². The Bertz CT molecular complexity index is 579. The van der Waals surface area contributed by atoms with Crippen molar-refractivity contribution in [2.75, 3.05) is 13.1 Å². The molecule has 2 heterocycles. The molecule has 3 fully saturated rings. The third-order valence-electron chi connectivity index (χ3n) is 6.36. The first-order chi connectivity index (χ1) is 11.0. The fourth-order valence-electron chi connectivity index (χ4n) is 4.90. The quantitative estimate of drug-likeness (QED) is 0.929. The molecule has 1 aromatic heterocycles. The van der Waals surface area contributed by atoms with E-state index in [1.165, 1.54) is 31.2 Å². The van der Waals surface area contributed by atoms with Gasteiger partial charge in [0.25, 0.3) is 0 Å². The maximum Gasteiger partial charge on any atom is 0.306 e. The number of carbonyl (C=O) groups is 1. The van der Waals surface area contributed by atoms with Crippen LogP contribution in [0, 0.1) is 18.3 Å². The van der Waals surface area contributed by atoms with Gasteiger partial charge in [0, 0.05) is 18.4 Å². The normalized spacial score (nSPS) is 34.8. The number of hydrogen-bond acceptors (Lipinski definition) is 4. The highest BCUT2D eigenvalue weighted by molar-refractivity contribution is 5.71. The minimum absolute atomic E-state index is 0.0665. The zero-order valence-electron chi connectivity index (χ0n) is 13.7. The molecule has 0 aromatic carbocycles. The van der Waals surface area contributed by atoms with Gasteiger partial charge in [-0.2, -0.15) is 0 Å². The van der Waals surface area contributed by atoms with Crippen LogP contribution in [-0.2, 0) is 4.79 Å². The van der Waals surface area contributed by atoms with E-state index in [0.29, 0.717) is 17.4 Å². The average molecular weight is 315 g/mol. The molecule has 5 nitrogen and oxygen atoms in total. The SMILES string of the molecule is Cc1ncc(C2CCN(C3CC4(CC(C(=O)O)C4)C3)CC2)cn1. The lowest BCUT2D eigenvalue weighted by Crippen LogP contribution is -2.58. The van der Waals surface area contributed by atoms with E-state index in [0.717, 1.165) is 31.8 Å². The van der Waals surface area contributed by atoms with Gasteiger partial charge in [0.2, 0.25) is 0 Å². The van der Waals surface area contributed by atoms with Crippen LogP contribution < -0.4 is 0 Å². The third kappa shape index (κ3) is 2.75. The molecule has 1 aromatic rings. The number of piperidine rings is 1. The number of likely N-dealkylation sites (tertiary alicyclic amines) is 1. The molecule has 1 saturated heterocycles. The molecule has 0 amide bonds. The first-order valence-corrected chi connectivity index (χ1v) is 8.80. The highest BCUT2D eigenvalue weighted by atomic mass is 16.4. The van der Waals surface area contributed by atoms with Gasteiger partial charge in [-0.3, -0.25) is 4.79 Å². The average Bonchev–Trinajstić information content (AvgIpc) is 2.45. The van der Waals surface area contributed by atoms with Gasteiger partial charge in [-0.1, -0.05) is 0 Å². The number of aryl methyl sites for hydroxylation is 1. The summed E-state index contributed by atoms with van der Waals surface area (Å²) in [5.41, 5.74) is 1.67. The summed E-state index contributed by atoms with van der Waals surface area (Å²) in [6.07, 6.45) is 10.6. The summed E-state index contributed by atoms with van der Waals surface area (Å²) >= 11 is 0. The monoisotopic (exact) mass is 315 g/mol. The number of hydrogen-bond donors (Lipinski definition) is 1. The van der Waals surface area contributed by atoms with Crippen molar-refractivity contribution in [2.24, 2.45) is 11.3 Å². The Labute approximate surface area is 137 Å². The number of rotatable bonds is 3. The molecule has 2 saturated carbocycles. The molecule has 1 N–H and O–H groups in total. The second kappa shape index (κ2) is 5.55. The number of aliphatic carboxylic acids is 1. The second-order valence-electron chi connectivity index (χ2n) is 7.88. The highest BCUT2D eigenvalue weighted by Crippen LogP contribution is 2.60. The number of carboxylic acids is 1. The van der Waals surface area contributed by atoms with Crippen LogP contribution in [0.4, 0.5) is 0 Å². The Kier molecular flexibility index (Phi) is 3.63. The molecule has 0 atom stereocenters. The van der Waals surface area contributed by atoms with Crippen molar-refractivity contribution in [3.8, 4) is 0 Å². The summed E-state index contributed by atoms with van der Waals surface area (Å²) in [5.74, 6) is 0.774. The molecule has 1 spiro atoms. The smallest absolute Gasteiger partial charge is 0.306 e. The molecule has 2 aliphatic carbocycles. The largest absolute Gasteiger partial charge is 0.481 e. The van der Waals surface area contributed by atoms with E-state index in [1.54, 1.807) is 0 Å². The maximum atomic E-state index is 11.0. The van der Waals surface area contributed by atoms with Crippen molar-refractivity contribution < 1.29 is 9.90 Å². The summed E-state index contributed by atoms with van der Waals surface area (Å²) in [6, 6.07) is 0.694. The Morgan fingerprint density at radius 3 is 2.35 bits per heavy atom. The summed E-state index contributed by atoms with van der Waals surface area (Å²) in [4.78, 5) is 22.2. The van der Waals surface area contributed by atoms with Gasteiger partial charge in [0.15, 0.2) is 0 Å². The number of aromatic nitrogens is 2. The summed E-state index contributed by atoms with van der Waals surface area (Å²) < 4.78 is 0. The summed E-state index contributed by atoms with van der Waals surface area (Å²) in [5, 5.41) is 9.03. The molecule has 0 unspecified atom stereocenters. The fraction of sp³-hybridized carbons (Fsp3) is 0.722. The zero-order chi connectivity index (χ0) is 16.0. The van der Waals surface area contributed by atoms with Gasteiger partial charge in [-0.05, 0) is 75.4 Å². The predicted molar refractivity (Wildman–Crippen MR) is 86.1 cm³/mol. The van der Waals surface area contributed by atoms with Crippen molar-refractivity contribution in [2.45, 2.75) is 57.4 Å². The van der Waals surface area contributed by atoms with Crippen molar-refractivity contribution in [1.82, 2.24) is 14.9 Å². The maximum absolute atomic E-state index is 11.0. The number of nitrogens with zero attached hydrogens (tertiary/aromatic N) is 3. The van der Waals surface area contributed by atoms with Crippen molar-refractivity contribution in [3.05, 3.63) is 23.8 Å². The first-order valence-electron chi connectivity index (χ1n) is 8.80. The molecule has 23 heavy (non-hydrogen) atoms. The lowest BCUT2D eigenvalue weighted by molar-refractivity contribution is -0.160. The molecule has 1 aliphatic heterocycles. The Hall–Kier alpha value is -1.49. The van der Waals surface area contributed by atoms with Crippen LogP contribution in [-0.4, -0.2) is 45.1 Å². The minimum Gasteiger partial charge on any atom is -0.481 e. The molecule has 5 heteroatoms. The van der Waals surface area contributed by atoms with Gasteiger partial charge >= 0.3 is 5.97 Å². The van der Waals surface area contributed by atoms with Crippen LogP contribution in [0.15, 0.2) is 12.4 Å². The number of carboxylic acid groups (broad SMARTS) is 1. The zero-order valence-corrected chi connectivity index (χ0v) is 13.7. The van der Waals surface area contributed by atoms with E-state index in [9.17, 15) is 4.79 Å². The molecule has 0 radical (unpaired) electrons. The van der Waals surface area contributed by atoms with Crippen LogP contribution in [0.1, 0.15) is 55.8 Å². The van der Waals surface area contributed by atoms with Crippen molar-refractivity contribution in [3.63, 3.8) is 0 Å². The lowest BCUT2D eigenvalue weighted by Gasteiger charge is -2.59. The van der Waals surface area contributed by atoms with Gasteiger partial charge in [0.05, 0.1) is 5.92 Å². The van der Waals surface area contributed by atoms with Crippen molar-refractivity contribution >= 4 is 5.97 Å². The van der Waals surface area contributed by atoms with Crippen LogP contribution >= 0.6 is 0 Å². The summed E-state index contributed by atoms with van der Waals surface area (Å²) in [7, 11) is 0. The van der Waals surface area contributed by atoms with Crippen LogP contribution in [0.25, 0.3) is 0 Å². The standard InChI is InChI=1S/C18H25N3O2/c1-12-19-10-15(11-20-12)13-2-4-21(5-3-13)16-8-18(9-16)6-14(7-18)17(22)23/h10-11,13-14,16H,2-9H2,1H3,(H,22,23).